The van der Waals surface area contributed by atoms with Crippen LogP contribution in [0.2, 0.25) is 0 Å². The van der Waals surface area contributed by atoms with Gasteiger partial charge in [-0.05, 0) is 6.42 Å². The summed E-state index contributed by atoms with van der Waals surface area (Å²) in [5.74, 6) is 0.539. The molecule has 0 saturated carbocycles. The number of thioether (sulfide) groups is 1. The Kier molecular flexibility index (Phi) is 7.06. The van der Waals surface area contributed by atoms with Gasteiger partial charge in [0, 0.05) is 17.6 Å². The first-order valence-electron chi connectivity index (χ1n) is 3.72. The van der Waals surface area contributed by atoms with Crippen LogP contribution < -0.4 is 0 Å². The monoisotopic (exact) mass is 180 g/mol. The van der Waals surface area contributed by atoms with Gasteiger partial charge in [0.25, 0.3) is 0 Å². The van der Waals surface area contributed by atoms with E-state index in [-0.39, 0.29) is 13.2 Å². The van der Waals surface area contributed by atoms with Crippen molar-refractivity contribution in [3.05, 3.63) is 0 Å². The van der Waals surface area contributed by atoms with E-state index in [1.165, 1.54) is 0 Å². The van der Waals surface area contributed by atoms with Crippen molar-refractivity contribution in [2.24, 2.45) is 0 Å². The molecular weight excluding hydrogens is 164 g/mol. The second-order valence-electron chi connectivity index (χ2n) is 2.49. The predicted octanol–water partition coefficient (Wildman–Crippen LogP) is -0.156. The highest BCUT2D eigenvalue weighted by atomic mass is 32.2. The summed E-state index contributed by atoms with van der Waals surface area (Å²) in [4.78, 5) is 0. The normalized spacial score (nSPS) is 16.4. The Morgan fingerprint density at radius 1 is 1.36 bits per heavy atom. The summed E-state index contributed by atoms with van der Waals surface area (Å²) in [5, 5.41) is 26.3. The van der Waals surface area contributed by atoms with Gasteiger partial charge in [-0.25, -0.2) is 0 Å². The molecule has 0 spiro atoms. The lowest BCUT2D eigenvalue weighted by Crippen LogP contribution is -2.16. The van der Waals surface area contributed by atoms with Crippen molar-refractivity contribution in [2.45, 2.75) is 24.7 Å². The van der Waals surface area contributed by atoms with Gasteiger partial charge in [-0.2, -0.15) is 11.8 Å². The van der Waals surface area contributed by atoms with Crippen LogP contribution in [0.5, 0.6) is 0 Å². The lowest BCUT2D eigenvalue weighted by atomic mass is 10.3. The van der Waals surface area contributed by atoms with Gasteiger partial charge in [-0.15, -0.1) is 0 Å². The fourth-order valence-corrected chi connectivity index (χ4v) is 1.52. The molecule has 0 aromatic heterocycles. The summed E-state index contributed by atoms with van der Waals surface area (Å²) >= 11 is 1.56. The summed E-state index contributed by atoms with van der Waals surface area (Å²) in [6.45, 7) is 1.99. The zero-order chi connectivity index (χ0) is 8.69. The van der Waals surface area contributed by atoms with Crippen LogP contribution in [0.3, 0.4) is 0 Å². The van der Waals surface area contributed by atoms with Crippen molar-refractivity contribution >= 4 is 11.8 Å². The molecule has 0 saturated heterocycles. The predicted molar refractivity (Wildman–Crippen MR) is 46.7 cm³/mol. The zero-order valence-electron chi connectivity index (χ0n) is 6.73. The molecule has 4 heteroatoms. The van der Waals surface area contributed by atoms with Gasteiger partial charge in [-0.1, -0.05) is 6.92 Å². The number of hydrogen-bond donors (Lipinski definition) is 3. The van der Waals surface area contributed by atoms with Crippen molar-refractivity contribution in [3.63, 3.8) is 0 Å². The first-order valence-corrected chi connectivity index (χ1v) is 4.77. The van der Waals surface area contributed by atoms with E-state index < -0.39 is 6.10 Å². The van der Waals surface area contributed by atoms with E-state index in [0.717, 1.165) is 6.42 Å². The molecular formula is C7H16O3S. The van der Waals surface area contributed by atoms with Crippen LogP contribution in [0.4, 0.5) is 0 Å². The fraction of sp³-hybridized carbons (Fsp3) is 1.00. The van der Waals surface area contributed by atoms with E-state index in [1.807, 2.05) is 6.92 Å². The molecule has 0 aromatic rings. The van der Waals surface area contributed by atoms with Gasteiger partial charge in [0.15, 0.2) is 0 Å². The standard InChI is InChI=1S/C7H16O3S/c1-6(2-3-8)11-5-7(10)4-9/h6-10H,2-5H2,1H3. The third-order valence-corrected chi connectivity index (χ3v) is 2.70. The Balaban J connectivity index is 3.22. The van der Waals surface area contributed by atoms with E-state index in [9.17, 15) is 0 Å². The van der Waals surface area contributed by atoms with Crippen molar-refractivity contribution < 1.29 is 15.3 Å². The molecule has 3 N–H and O–H groups in total. The highest BCUT2D eigenvalue weighted by molar-refractivity contribution is 7.99. The molecule has 2 atom stereocenters. The lowest BCUT2D eigenvalue weighted by Gasteiger charge is -2.11. The van der Waals surface area contributed by atoms with Gasteiger partial charge in [-0.3, -0.25) is 0 Å². The second-order valence-corrected chi connectivity index (χ2v) is 3.96. The Bertz CT molecular complexity index is 89.8. The molecule has 0 aromatic carbocycles. The van der Waals surface area contributed by atoms with Gasteiger partial charge < -0.3 is 15.3 Å². The van der Waals surface area contributed by atoms with Crippen LogP contribution in [0.1, 0.15) is 13.3 Å². The Morgan fingerprint density at radius 3 is 2.45 bits per heavy atom. The maximum absolute atomic E-state index is 8.94. The molecule has 0 aliphatic heterocycles. The number of rotatable bonds is 6. The van der Waals surface area contributed by atoms with Crippen LogP contribution in [-0.4, -0.2) is 45.6 Å². The summed E-state index contributed by atoms with van der Waals surface area (Å²) in [6.07, 6.45) is 0.115. The number of aliphatic hydroxyl groups is 3. The highest BCUT2D eigenvalue weighted by Gasteiger charge is 2.06. The molecule has 2 unspecified atom stereocenters. The van der Waals surface area contributed by atoms with E-state index in [0.29, 0.717) is 11.0 Å². The molecule has 0 bridgehead atoms. The van der Waals surface area contributed by atoms with Crippen molar-refractivity contribution in [2.75, 3.05) is 19.0 Å². The Labute approximate surface area is 71.4 Å². The first kappa shape index (κ1) is 11.2. The van der Waals surface area contributed by atoms with Crippen LogP contribution in [-0.2, 0) is 0 Å². The average molecular weight is 180 g/mol. The highest BCUT2D eigenvalue weighted by Crippen LogP contribution is 2.14. The van der Waals surface area contributed by atoms with Crippen LogP contribution in [0, 0.1) is 0 Å². The quantitative estimate of drug-likeness (QED) is 0.532. The van der Waals surface area contributed by atoms with Gasteiger partial charge in [0.1, 0.15) is 0 Å². The van der Waals surface area contributed by atoms with E-state index >= 15 is 0 Å². The molecule has 0 rings (SSSR count). The minimum atomic E-state index is -0.624. The van der Waals surface area contributed by atoms with Crippen molar-refractivity contribution in [1.29, 1.82) is 0 Å². The van der Waals surface area contributed by atoms with E-state index in [2.05, 4.69) is 0 Å². The van der Waals surface area contributed by atoms with Gasteiger partial charge in [0.05, 0.1) is 12.7 Å². The second kappa shape index (κ2) is 6.91. The molecule has 0 heterocycles. The summed E-state index contributed by atoms with van der Waals surface area (Å²) < 4.78 is 0. The van der Waals surface area contributed by atoms with Crippen molar-refractivity contribution in [1.82, 2.24) is 0 Å². The number of aliphatic hydroxyl groups excluding tert-OH is 3. The number of hydrogen-bond acceptors (Lipinski definition) is 4. The Morgan fingerprint density at radius 2 is 2.00 bits per heavy atom. The first-order chi connectivity index (χ1) is 5.20. The lowest BCUT2D eigenvalue weighted by molar-refractivity contribution is 0.113. The van der Waals surface area contributed by atoms with Crippen molar-refractivity contribution in [3.8, 4) is 0 Å². The van der Waals surface area contributed by atoms with Crippen LogP contribution >= 0.6 is 11.8 Å². The molecule has 68 valence electrons. The SMILES string of the molecule is CC(CCO)SCC(O)CO. The topological polar surface area (TPSA) is 60.7 Å². The summed E-state index contributed by atoms with van der Waals surface area (Å²) in [5.41, 5.74) is 0. The molecule has 0 fully saturated rings. The fourth-order valence-electron chi connectivity index (χ4n) is 0.593. The third-order valence-electron chi connectivity index (χ3n) is 1.32. The largest absolute Gasteiger partial charge is 0.396 e. The van der Waals surface area contributed by atoms with Gasteiger partial charge in [0.2, 0.25) is 0 Å². The zero-order valence-corrected chi connectivity index (χ0v) is 7.55. The molecule has 0 aliphatic carbocycles. The molecule has 0 aliphatic rings. The summed E-state index contributed by atoms with van der Waals surface area (Å²) in [7, 11) is 0. The van der Waals surface area contributed by atoms with Gasteiger partial charge >= 0.3 is 0 Å². The third kappa shape index (κ3) is 6.62. The van der Waals surface area contributed by atoms with E-state index in [4.69, 9.17) is 15.3 Å². The maximum atomic E-state index is 8.94. The summed E-state index contributed by atoms with van der Waals surface area (Å²) in [6, 6.07) is 0. The van der Waals surface area contributed by atoms with Crippen LogP contribution in [0.25, 0.3) is 0 Å². The minimum absolute atomic E-state index is 0.182. The smallest absolute Gasteiger partial charge is 0.0861 e. The van der Waals surface area contributed by atoms with E-state index in [1.54, 1.807) is 11.8 Å². The minimum Gasteiger partial charge on any atom is -0.396 e. The molecule has 0 radical (unpaired) electrons. The Hall–Kier alpha value is 0.230. The maximum Gasteiger partial charge on any atom is 0.0861 e. The molecule has 3 nitrogen and oxygen atoms in total. The molecule has 0 amide bonds. The van der Waals surface area contributed by atoms with Crippen LogP contribution in [0.15, 0.2) is 0 Å². The average Bonchev–Trinajstić information content (AvgIpc) is 2.01. The molecule has 11 heavy (non-hydrogen) atoms.